The Hall–Kier alpha value is -1.04. The molecule has 5 heteroatoms. The number of rotatable bonds is 5. The van der Waals surface area contributed by atoms with Crippen LogP contribution in [0.1, 0.15) is 24.0 Å². The maximum absolute atomic E-state index is 5.51. The number of halogens is 1. The third-order valence-corrected chi connectivity index (χ3v) is 3.08. The molecular weight excluding hydrogens is 272 g/mol. The first kappa shape index (κ1) is 11.4. The predicted molar refractivity (Wildman–Crippen MR) is 63.5 cm³/mol. The van der Waals surface area contributed by atoms with Crippen molar-refractivity contribution in [3.8, 4) is 0 Å². The molecule has 0 aliphatic carbocycles. The number of aryl methyl sites for hydroxylation is 1. The summed E-state index contributed by atoms with van der Waals surface area (Å²) < 4.78 is 11.6. The summed E-state index contributed by atoms with van der Waals surface area (Å²) in [6.07, 6.45) is 4.94. The first-order valence-corrected chi connectivity index (χ1v) is 5.82. The standard InChI is InChI=1S/C11H13BrN2O2/c12-9-5-7-16-11(9)10(14-13)4-3-8-2-1-6-15-8/h1-2,5-7,10,14H,3-4,13H2. The Morgan fingerprint density at radius 2 is 2.19 bits per heavy atom. The Balaban J connectivity index is 1.99. The van der Waals surface area contributed by atoms with Crippen molar-refractivity contribution >= 4 is 15.9 Å². The number of furan rings is 2. The molecule has 0 saturated carbocycles. The Morgan fingerprint density at radius 1 is 1.31 bits per heavy atom. The van der Waals surface area contributed by atoms with E-state index in [0.717, 1.165) is 28.8 Å². The highest BCUT2D eigenvalue weighted by Gasteiger charge is 2.16. The zero-order valence-corrected chi connectivity index (χ0v) is 10.2. The molecule has 0 aliphatic heterocycles. The van der Waals surface area contributed by atoms with E-state index in [-0.39, 0.29) is 6.04 Å². The third-order valence-electron chi connectivity index (χ3n) is 2.42. The molecule has 2 aromatic heterocycles. The fraction of sp³-hybridized carbons (Fsp3) is 0.273. The number of nitrogens with two attached hydrogens (primary N) is 1. The Kier molecular flexibility index (Phi) is 3.82. The Bertz CT molecular complexity index is 425. The largest absolute Gasteiger partial charge is 0.469 e. The van der Waals surface area contributed by atoms with E-state index in [1.54, 1.807) is 12.5 Å². The molecule has 0 bridgehead atoms. The predicted octanol–water partition coefficient (Wildman–Crippen LogP) is 2.77. The molecule has 16 heavy (non-hydrogen) atoms. The second-order valence-corrected chi connectivity index (χ2v) is 4.32. The quantitative estimate of drug-likeness (QED) is 0.655. The van der Waals surface area contributed by atoms with Crippen molar-refractivity contribution in [2.75, 3.05) is 0 Å². The molecule has 0 radical (unpaired) electrons. The zero-order chi connectivity index (χ0) is 11.4. The van der Waals surface area contributed by atoms with Crippen LogP contribution in [-0.2, 0) is 6.42 Å². The molecule has 4 nitrogen and oxygen atoms in total. The van der Waals surface area contributed by atoms with Gasteiger partial charge in [0.15, 0.2) is 0 Å². The van der Waals surface area contributed by atoms with Gasteiger partial charge in [0.05, 0.1) is 23.0 Å². The van der Waals surface area contributed by atoms with Crippen LogP contribution in [0.5, 0.6) is 0 Å². The molecule has 0 spiro atoms. The lowest BCUT2D eigenvalue weighted by atomic mass is 10.1. The lowest BCUT2D eigenvalue weighted by Gasteiger charge is -2.12. The number of nitrogens with one attached hydrogen (secondary N) is 1. The zero-order valence-electron chi connectivity index (χ0n) is 8.65. The molecule has 2 aromatic rings. The van der Waals surface area contributed by atoms with Crippen LogP contribution in [-0.4, -0.2) is 0 Å². The summed E-state index contributed by atoms with van der Waals surface area (Å²) >= 11 is 3.41. The van der Waals surface area contributed by atoms with Crippen LogP contribution in [0.25, 0.3) is 0 Å². The van der Waals surface area contributed by atoms with Crippen molar-refractivity contribution in [2.24, 2.45) is 5.84 Å². The highest BCUT2D eigenvalue weighted by atomic mass is 79.9. The lowest BCUT2D eigenvalue weighted by Crippen LogP contribution is -2.28. The van der Waals surface area contributed by atoms with Gasteiger partial charge < -0.3 is 8.83 Å². The van der Waals surface area contributed by atoms with Gasteiger partial charge >= 0.3 is 0 Å². The number of hydrogen-bond acceptors (Lipinski definition) is 4. The normalized spacial score (nSPS) is 12.9. The minimum Gasteiger partial charge on any atom is -0.469 e. The molecule has 0 aromatic carbocycles. The van der Waals surface area contributed by atoms with Crippen LogP contribution >= 0.6 is 15.9 Å². The van der Waals surface area contributed by atoms with Gasteiger partial charge in [0, 0.05) is 6.42 Å². The van der Waals surface area contributed by atoms with Gasteiger partial charge in [-0.25, -0.2) is 5.43 Å². The number of hydrazine groups is 1. The molecular formula is C11H13BrN2O2. The average molecular weight is 285 g/mol. The van der Waals surface area contributed by atoms with E-state index < -0.39 is 0 Å². The van der Waals surface area contributed by atoms with Crippen molar-refractivity contribution in [3.63, 3.8) is 0 Å². The van der Waals surface area contributed by atoms with Crippen LogP contribution in [0.4, 0.5) is 0 Å². The molecule has 1 unspecified atom stereocenters. The third kappa shape index (κ3) is 2.55. The lowest BCUT2D eigenvalue weighted by molar-refractivity contribution is 0.387. The second-order valence-electron chi connectivity index (χ2n) is 3.47. The van der Waals surface area contributed by atoms with Crippen molar-refractivity contribution in [1.29, 1.82) is 0 Å². The Labute approximate surface area is 102 Å². The van der Waals surface area contributed by atoms with Crippen LogP contribution < -0.4 is 11.3 Å². The fourth-order valence-corrected chi connectivity index (χ4v) is 2.06. The highest BCUT2D eigenvalue weighted by molar-refractivity contribution is 9.10. The van der Waals surface area contributed by atoms with Crippen LogP contribution in [0.2, 0.25) is 0 Å². The average Bonchev–Trinajstić information content (AvgIpc) is 2.92. The Morgan fingerprint density at radius 3 is 2.75 bits per heavy atom. The minimum absolute atomic E-state index is 0.0190. The summed E-state index contributed by atoms with van der Waals surface area (Å²) in [4.78, 5) is 0. The van der Waals surface area contributed by atoms with E-state index in [4.69, 9.17) is 14.7 Å². The fourth-order valence-electron chi connectivity index (χ4n) is 1.59. The summed E-state index contributed by atoms with van der Waals surface area (Å²) in [6.45, 7) is 0. The molecule has 0 fully saturated rings. The van der Waals surface area contributed by atoms with Gasteiger partial charge in [-0.15, -0.1) is 0 Å². The monoisotopic (exact) mass is 284 g/mol. The van der Waals surface area contributed by atoms with Gasteiger partial charge in [0.2, 0.25) is 0 Å². The molecule has 0 aliphatic rings. The van der Waals surface area contributed by atoms with Crippen molar-refractivity contribution < 1.29 is 8.83 Å². The van der Waals surface area contributed by atoms with Crippen molar-refractivity contribution in [2.45, 2.75) is 18.9 Å². The van der Waals surface area contributed by atoms with Gasteiger partial charge in [0.25, 0.3) is 0 Å². The van der Waals surface area contributed by atoms with E-state index in [1.165, 1.54) is 0 Å². The second kappa shape index (κ2) is 5.34. The van der Waals surface area contributed by atoms with E-state index >= 15 is 0 Å². The summed E-state index contributed by atoms with van der Waals surface area (Å²) in [5.74, 6) is 7.27. The molecule has 1 atom stereocenters. The summed E-state index contributed by atoms with van der Waals surface area (Å²) in [5, 5.41) is 0. The van der Waals surface area contributed by atoms with Crippen LogP contribution in [0, 0.1) is 0 Å². The van der Waals surface area contributed by atoms with Gasteiger partial charge in [-0.1, -0.05) is 0 Å². The van der Waals surface area contributed by atoms with Gasteiger partial charge in [-0.05, 0) is 40.5 Å². The highest BCUT2D eigenvalue weighted by Crippen LogP contribution is 2.27. The van der Waals surface area contributed by atoms with Crippen molar-refractivity contribution in [1.82, 2.24) is 5.43 Å². The molecule has 0 saturated heterocycles. The molecule has 86 valence electrons. The number of hydrogen-bond donors (Lipinski definition) is 2. The molecule has 2 rings (SSSR count). The molecule has 2 heterocycles. The molecule has 3 N–H and O–H groups in total. The summed E-state index contributed by atoms with van der Waals surface area (Å²) in [5.41, 5.74) is 2.74. The first-order chi connectivity index (χ1) is 7.81. The SMILES string of the molecule is NNC(CCc1ccco1)c1occc1Br. The van der Waals surface area contributed by atoms with Crippen molar-refractivity contribution in [3.05, 3.63) is 46.7 Å². The maximum atomic E-state index is 5.51. The van der Waals surface area contributed by atoms with E-state index in [0.29, 0.717) is 0 Å². The van der Waals surface area contributed by atoms with E-state index in [1.807, 2.05) is 18.2 Å². The van der Waals surface area contributed by atoms with Gasteiger partial charge in [-0.3, -0.25) is 5.84 Å². The van der Waals surface area contributed by atoms with Crippen LogP contribution in [0.3, 0.4) is 0 Å². The summed E-state index contributed by atoms with van der Waals surface area (Å²) in [7, 11) is 0. The van der Waals surface area contributed by atoms with E-state index in [2.05, 4.69) is 21.4 Å². The maximum Gasteiger partial charge on any atom is 0.136 e. The minimum atomic E-state index is -0.0190. The van der Waals surface area contributed by atoms with Gasteiger partial charge in [-0.2, -0.15) is 0 Å². The topological polar surface area (TPSA) is 64.3 Å². The van der Waals surface area contributed by atoms with E-state index in [9.17, 15) is 0 Å². The van der Waals surface area contributed by atoms with Crippen LogP contribution in [0.15, 0.2) is 44.0 Å². The smallest absolute Gasteiger partial charge is 0.136 e. The molecule has 0 amide bonds. The summed E-state index contributed by atoms with van der Waals surface area (Å²) in [6, 6.07) is 5.66. The van der Waals surface area contributed by atoms with Gasteiger partial charge in [0.1, 0.15) is 11.5 Å². The first-order valence-electron chi connectivity index (χ1n) is 5.02.